The third kappa shape index (κ3) is 8.26. The van der Waals surface area contributed by atoms with Gasteiger partial charge in [-0.15, -0.1) is 0 Å². The first-order valence-electron chi connectivity index (χ1n) is 7.71. The lowest BCUT2D eigenvalue weighted by molar-refractivity contribution is 0.0696. The summed E-state index contributed by atoms with van der Waals surface area (Å²) in [5.74, 6) is -1.90. The molecule has 8 heteroatoms. The molecule has 0 heterocycles. The minimum atomic E-state index is -1.13. The van der Waals surface area contributed by atoms with Crippen molar-refractivity contribution in [1.29, 1.82) is 0 Å². The fourth-order valence-corrected chi connectivity index (χ4v) is 1.77. The summed E-state index contributed by atoms with van der Waals surface area (Å²) in [6.07, 6.45) is 0. The molecule has 0 unspecified atom stereocenters. The average molecular weight is 386 g/mol. The van der Waals surface area contributed by atoms with Crippen molar-refractivity contribution >= 4 is 11.9 Å². The molecule has 146 valence electrons. The average Bonchev–Trinajstić information content (AvgIpc) is 2.62. The number of aromatic carboxylic acids is 2. The second kappa shape index (κ2) is 10.7. The molecule has 0 radical (unpaired) electrons. The zero-order chi connectivity index (χ0) is 21.1. The van der Waals surface area contributed by atoms with E-state index in [0.717, 1.165) is 6.07 Å². The van der Waals surface area contributed by atoms with Gasteiger partial charge in [-0.05, 0) is 42.5 Å². The fraction of sp³-hybridized carbons (Fsp3) is 0. The van der Waals surface area contributed by atoms with Crippen molar-refractivity contribution in [1.82, 2.24) is 0 Å². The Kier molecular flexibility index (Phi) is 8.36. The topological polar surface area (TPSA) is 156 Å². The van der Waals surface area contributed by atoms with E-state index in [2.05, 4.69) is 0 Å². The fourth-order valence-electron chi connectivity index (χ4n) is 1.77. The molecule has 0 atom stereocenters. The molecule has 0 aromatic heterocycles. The van der Waals surface area contributed by atoms with Crippen LogP contribution in [0.25, 0.3) is 0 Å². The van der Waals surface area contributed by atoms with Gasteiger partial charge in [0, 0.05) is 12.1 Å². The van der Waals surface area contributed by atoms with Crippen LogP contribution >= 0.6 is 0 Å². The molecule has 3 aromatic rings. The van der Waals surface area contributed by atoms with E-state index >= 15 is 0 Å². The number of benzene rings is 3. The Balaban J connectivity index is 0.000000217. The normalized spacial score (nSPS) is 9.14. The van der Waals surface area contributed by atoms with E-state index in [9.17, 15) is 9.59 Å². The molecule has 0 fully saturated rings. The standard InChI is InChI=1S/C8H6O4.2C6H6O2/c9-7(10)5-2-1-3-6(4-5)8(11)12;2*7-5-2-1-3-6(8)4-5/h1-4H,(H,9,10)(H,11,12);2*1-4,7-8H. The largest absolute Gasteiger partial charge is 0.508 e. The molecule has 3 rings (SSSR count). The summed E-state index contributed by atoms with van der Waals surface area (Å²) in [5.41, 5.74) is -0.0372. The van der Waals surface area contributed by atoms with Gasteiger partial charge in [-0.25, -0.2) is 9.59 Å². The summed E-state index contributed by atoms with van der Waals surface area (Å²) < 4.78 is 0. The maximum absolute atomic E-state index is 10.4. The van der Waals surface area contributed by atoms with Gasteiger partial charge in [0.25, 0.3) is 0 Å². The van der Waals surface area contributed by atoms with Gasteiger partial charge in [0.1, 0.15) is 23.0 Å². The first-order chi connectivity index (χ1) is 13.2. The molecule has 6 N–H and O–H groups in total. The van der Waals surface area contributed by atoms with Gasteiger partial charge in [0.15, 0.2) is 0 Å². The maximum atomic E-state index is 10.4. The third-order valence-corrected chi connectivity index (χ3v) is 3.02. The minimum Gasteiger partial charge on any atom is -0.508 e. The van der Waals surface area contributed by atoms with Gasteiger partial charge in [0.05, 0.1) is 11.1 Å². The van der Waals surface area contributed by atoms with Crippen molar-refractivity contribution in [2.75, 3.05) is 0 Å². The smallest absolute Gasteiger partial charge is 0.335 e. The maximum Gasteiger partial charge on any atom is 0.335 e. The van der Waals surface area contributed by atoms with Gasteiger partial charge < -0.3 is 30.6 Å². The zero-order valence-electron chi connectivity index (χ0n) is 14.4. The highest BCUT2D eigenvalue weighted by atomic mass is 16.4. The molecule has 0 aliphatic carbocycles. The summed E-state index contributed by atoms with van der Waals surface area (Å²) in [4.78, 5) is 20.8. The Hall–Kier alpha value is -4.20. The molecule has 0 spiro atoms. The van der Waals surface area contributed by atoms with Crippen molar-refractivity contribution in [2.45, 2.75) is 0 Å². The van der Waals surface area contributed by atoms with Crippen LogP contribution in [0.3, 0.4) is 0 Å². The Bertz CT molecular complexity index is 829. The number of phenols is 4. The van der Waals surface area contributed by atoms with Gasteiger partial charge in [0.2, 0.25) is 0 Å². The van der Waals surface area contributed by atoms with Crippen LogP contribution in [-0.2, 0) is 0 Å². The number of carboxylic acids is 2. The zero-order valence-corrected chi connectivity index (χ0v) is 14.4. The molecule has 0 aliphatic heterocycles. The number of hydrogen-bond acceptors (Lipinski definition) is 6. The first kappa shape index (κ1) is 21.8. The van der Waals surface area contributed by atoms with Gasteiger partial charge in [-0.1, -0.05) is 18.2 Å². The Morgan fingerprint density at radius 2 is 0.786 bits per heavy atom. The van der Waals surface area contributed by atoms with Crippen LogP contribution in [0.1, 0.15) is 20.7 Å². The second-order valence-electron chi connectivity index (χ2n) is 5.23. The van der Waals surface area contributed by atoms with E-state index in [1.807, 2.05) is 0 Å². The molecule has 0 bridgehead atoms. The van der Waals surface area contributed by atoms with Gasteiger partial charge in [-0.3, -0.25) is 0 Å². The Labute approximate surface area is 159 Å². The lowest BCUT2D eigenvalue weighted by Gasteiger charge is -1.95. The molecule has 0 saturated carbocycles. The van der Waals surface area contributed by atoms with E-state index in [4.69, 9.17) is 30.6 Å². The van der Waals surface area contributed by atoms with Crippen molar-refractivity contribution < 1.29 is 40.2 Å². The number of aromatic hydroxyl groups is 4. The molecule has 3 aromatic carbocycles. The van der Waals surface area contributed by atoms with E-state index in [0.29, 0.717) is 0 Å². The summed E-state index contributed by atoms with van der Waals surface area (Å²) in [5, 5.41) is 51.6. The quantitative estimate of drug-likeness (QED) is 0.392. The second-order valence-corrected chi connectivity index (χ2v) is 5.23. The minimum absolute atomic E-state index is 0.0186. The molecular weight excluding hydrogens is 368 g/mol. The van der Waals surface area contributed by atoms with Crippen LogP contribution in [0.2, 0.25) is 0 Å². The van der Waals surface area contributed by atoms with Gasteiger partial charge in [-0.2, -0.15) is 0 Å². The number of phenolic OH excluding ortho intramolecular Hbond substituents is 4. The van der Waals surface area contributed by atoms with Crippen LogP contribution in [0.15, 0.2) is 72.8 Å². The first-order valence-corrected chi connectivity index (χ1v) is 7.71. The number of carboxylic acid groups (broad SMARTS) is 2. The van der Waals surface area contributed by atoms with Crippen LogP contribution in [0.4, 0.5) is 0 Å². The summed E-state index contributed by atoms with van der Waals surface area (Å²) in [6.45, 7) is 0. The van der Waals surface area contributed by atoms with Crippen LogP contribution in [0.5, 0.6) is 23.0 Å². The Morgan fingerprint density at radius 1 is 0.500 bits per heavy atom. The van der Waals surface area contributed by atoms with Crippen molar-refractivity contribution in [3.8, 4) is 23.0 Å². The third-order valence-electron chi connectivity index (χ3n) is 3.02. The summed E-state index contributed by atoms with van der Waals surface area (Å²) in [6, 6.07) is 16.9. The van der Waals surface area contributed by atoms with E-state index < -0.39 is 11.9 Å². The number of hydrogen-bond donors (Lipinski definition) is 6. The van der Waals surface area contributed by atoms with Crippen LogP contribution in [-0.4, -0.2) is 42.6 Å². The predicted molar refractivity (Wildman–Crippen MR) is 99.9 cm³/mol. The summed E-state index contributed by atoms with van der Waals surface area (Å²) >= 11 is 0. The molecular formula is C20H18O8. The molecule has 0 saturated heterocycles. The van der Waals surface area contributed by atoms with Crippen LogP contribution in [0, 0.1) is 0 Å². The van der Waals surface area contributed by atoms with E-state index in [-0.39, 0.29) is 34.1 Å². The van der Waals surface area contributed by atoms with Gasteiger partial charge >= 0.3 is 11.9 Å². The highest BCUT2D eigenvalue weighted by Crippen LogP contribution is 2.15. The SMILES string of the molecule is O=C(O)c1cccc(C(=O)O)c1.Oc1cccc(O)c1.Oc1cccc(O)c1. The predicted octanol–water partition coefficient (Wildman–Crippen LogP) is 3.28. The van der Waals surface area contributed by atoms with E-state index in [1.165, 1.54) is 54.6 Å². The molecule has 8 nitrogen and oxygen atoms in total. The highest BCUT2D eigenvalue weighted by molar-refractivity contribution is 5.93. The molecule has 0 amide bonds. The number of rotatable bonds is 2. The van der Waals surface area contributed by atoms with Crippen molar-refractivity contribution in [3.05, 3.63) is 83.9 Å². The van der Waals surface area contributed by atoms with E-state index in [1.54, 1.807) is 12.1 Å². The monoisotopic (exact) mass is 386 g/mol. The lowest BCUT2D eigenvalue weighted by atomic mass is 10.1. The van der Waals surface area contributed by atoms with Crippen molar-refractivity contribution in [3.63, 3.8) is 0 Å². The van der Waals surface area contributed by atoms with Crippen LogP contribution < -0.4 is 0 Å². The molecule has 0 aliphatic rings. The number of carbonyl (C=O) groups is 2. The Morgan fingerprint density at radius 3 is 1.00 bits per heavy atom. The summed E-state index contributed by atoms with van der Waals surface area (Å²) in [7, 11) is 0. The highest BCUT2D eigenvalue weighted by Gasteiger charge is 2.06. The lowest BCUT2D eigenvalue weighted by Crippen LogP contribution is -2.01. The van der Waals surface area contributed by atoms with Crippen molar-refractivity contribution in [2.24, 2.45) is 0 Å². The molecule has 28 heavy (non-hydrogen) atoms.